The third-order valence-electron chi connectivity index (χ3n) is 2.76. The van der Waals surface area contributed by atoms with E-state index in [0.29, 0.717) is 29.5 Å². The zero-order valence-electron chi connectivity index (χ0n) is 11.5. The molecule has 0 saturated carbocycles. The summed E-state index contributed by atoms with van der Waals surface area (Å²) in [5.74, 6) is 1.95. The Bertz CT molecular complexity index is 569. The van der Waals surface area contributed by atoms with E-state index in [0.717, 1.165) is 12.0 Å². The molecule has 0 heterocycles. The molecule has 0 spiro atoms. The van der Waals surface area contributed by atoms with E-state index >= 15 is 0 Å². The Balaban J connectivity index is 2.16. The first-order chi connectivity index (χ1) is 9.72. The molecule has 2 aromatic rings. The number of aliphatic hydroxyl groups is 1. The lowest BCUT2D eigenvalue weighted by Gasteiger charge is -2.11. The van der Waals surface area contributed by atoms with Crippen LogP contribution < -0.4 is 15.2 Å². The van der Waals surface area contributed by atoms with E-state index in [1.54, 1.807) is 24.3 Å². The number of aliphatic hydroxyl groups excluding tert-OH is 1. The maximum Gasteiger partial charge on any atom is 0.145 e. The van der Waals surface area contributed by atoms with Crippen molar-refractivity contribution in [3.63, 3.8) is 0 Å². The predicted molar refractivity (Wildman–Crippen MR) is 79.1 cm³/mol. The van der Waals surface area contributed by atoms with Crippen molar-refractivity contribution in [2.75, 3.05) is 12.3 Å². The molecule has 0 unspecified atom stereocenters. The van der Waals surface area contributed by atoms with Gasteiger partial charge in [0.25, 0.3) is 0 Å². The highest BCUT2D eigenvalue weighted by Crippen LogP contribution is 2.30. The van der Waals surface area contributed by atoms with E-state index in [4.69, 9.17) is 20.3 Å². The lowest BCUT2D eigenvalue weighted by Crippen LogP contribution is -1.99. The van der Waals surface area contributed by atoms with Gasteiger partial charge < -0.3 is 20.3 Å². The second-order valence-electron chi connectivity index (χ2n) is 4.46. The van der Waals surface area contributed by atoms with Crippen LogP contribution in [-0.4, -0.2) is 11.7 Å². The van der Waals surface area contributed by atoms with E-state index in [1.165, 1.54) is 0 Å². The van der Waals surface area contributed by atoms with E-state index in [-0.39, 0.29) is 6.61 Å². The van der Waals surface area contributed by atoms with Crippen molar-refractivity contribution >= 4 is 5.69 Å². The van der Waals surface area contributed by atoms with Gasteiger partial charge in [0.05, 0.1) is 18.9 Å². The van der Waals surface area contributed by atoms with Crippen molar-refractivity contribution in [1.29, 1.82) is 0 Å². The molecule has 0 aliphatic carbocycles. The molecule has 0 aromatic heterocycles. The molecule has 4 nitrogen and oxygen atoms in total. The third-order valence-corrected chi connectivity index (χ3v) is 2.76. The predicted octanol–water partition coefficient (Wildman–Crippen LogP) is 3.34. The van der Waals surface area contributed by atoms with Crippen molar-refractivity contribution < 1.29 is 14.6 Å². The van der Waals surface area contributed by atoms with Crippen LogP contribution in [0.2, 0.25) is 0 Å². The van der Waals surface area contributed by atoms with Crippen LogP contribution in [0.4, 0.5) is 5.69 Å². The molecule has 4 heteroatoms. The first kappa shape index (κ1) is 14.2. The summed E-state index contributed by atoms with van der Waals surface area (Å²) in [6.07, 6.45) is 0.920. The summed E-state index contributed by atoms with van der Waals surface area (Å²) >= 11 is 0. The largest absolute Gasteiger partial charge is 0.491 e. The Morgan fingerprint density at radius 3 is 2.65 bits per heavy atom. The number of hydrogen-bond acceptors (Lipinski definition) is 4. The Kier molecular flexibility index (Phi) is 4.85. The van der Waals surface area contributed by atoms with Crippen molar-refractivity contribution in [1.82, 2.24) is 0 Å². The van der Waals surface area contributed by atoms with Gasteiger partial charge in [-0.15, -0.1) is 0 Å². The van der Waals surface area contributed by atoms with E-state index in [2.05, 4.69) is 0 Å². The minimum atomic E-state index is -0.0101. The molecule has 0 amide bonds. The van der Waals surface area contributed by atoms with Gasteiger partial charge in [-0.1, -0.05) is 19.1 Å². The summed E-state index contributed by atoms with van der Waals surface area (Å²) in [4.78, 5) is 0. The van der Waals surface area contributed by atoms with Crippen LogP contribution in [0.3, 0.4) is 0 Å². The molecular formula is C16H19NO3. The topological polar surface area (TPSA) is 64.7 Å². The molecule has 20 heavy (non-hydrogen) atoms. The maximum atomic E-state index is 9.11. The van der Waals surface area contributed by atoms with Crippen LogP contribution in [0.25, 0.3) is 0 Å². The van der Waals surface area contributed by atoms with Crippen LogP contribution in [0.1, 0.15) is 18.9 Å². The quantitative estimate of drug-likeness (QED) is 0.792. The highest BCUT2D eigenvalue weighted by Gasteiger charge is 2.04. The fourth-order valence-corrected chi connectivity index (χ4v) is 1.76. The molecule has 0 aliphatic heterocycles. The van der Waals surface area contributed by atoms with Crippen molar-refractivity contribution in [3.8, 4) is 17.2 Å². The average Bonchev–Trinajstić information content (AvgIpc) is 2.48. The van der Waals surface area contributed by atoms with Gasteiger partial charge in [0, 0.05) is 6.07 Å². The Morgan fingerprint density at radius 1 is 1.10 bits per heavy atom. The van der Waals surface area contributed by atoms with E-state index in [9.17, 15) is 0 Å². The highest BCUT2D eigenvalue weighted by molar-refractivity contribution is 5.56. The van der Waals surface area contributed by atoms with Gasteiger partial charge in [-0.05, 0) is 36.2 Å². The van der Waals surface area contributed by atoms with E-state index < -0.39 is 0 Å². The average molecular weight is 273 g/mol. The van der Waals surface area contributed by atoms with Crippen LogP contribution in [0.5, 0.6) is 17.2 Å². The third kappa shape index (κ3) is 3.65. The molecule has 0 atom stereocenters. The molecule has 0 fully saturated rings. The minimum absolute atomic E-state index is 0.0101. The molecule has 0 radical (unpaired) electrons. The van der Waals surface area contributed by atoms with Crippen molar-refractivity contribution in [3.05, 3.63) is 48.0 Å². The van der Waals surface area contributed by atoms with Gasteiger partial charge in [0.15, 0.2) is 0 Å². The summed E-state index contributed by atoms with van der Waals surface area (Å²) in [7, 11) is 0. The molecule has 2 aromatic carbocycles. The first-order valence-electron chi connectivity index (χ1n) is 6.63. The minimum Gasteiger partial charge on any atom is -0.491 e. The fraction of sp³-hybridized carbons (Fsp3) is 0.250. The number of nitrogen functional groups attached to an aromatic ring is 1. The van der Waals surface area contributed by atoms with Gasteiger partial charge in [-0.2, -0.15) is 0 Å². The van der Waals surface area contributed by atoms with Gasteiger partial charge in [-0.25, -0.2) is 0 Å². The maximum absolute atomic E-state index is 9.11. The normalized spacial score (nSPS) is 10.3. The second-order valence-corrected chi connectivity index (χ2v) is 4.46. The number of nitrogens with two attached hydrogens (primary N) is 1. The summed E-state index contributed by atoms with van der Waals surface area (Å²) in [5, 5.41) is 9.11. The molecule has 106 valence electrons. The van der Waals surface area contributed by atoms with Crippen molar-refractivity contribution in [2.45, 2.75) is 20.0 Å². The Morgan fingerprint density at radius 2 is 1.90 bits per heavy atom. The SMILES string of the molecule is CCCOc1cc(Oc2cccc(CO)c2)ccc1N. The van der Waals surface area contributed by atoms with Gasteiger partial charge in [0.2, 0.25) is 0 Å². The number of anilines is 1. The molecule has 2 rings (SSSR count). The standard InChI is InChI=1S/C16H19NO3/c1-2-8-19-16-10-14(6-7-15(16)17)20-13-5-3-4-12(9-13)11-18/h3-7,9-10,18H,2,8,11,17H2,1H3. The number of hydrogen-bond donors (Lipinski definition) is 2. The zero-order chi connectivity index (χ0) is 14.4. The fourth-order valence-electron chi connectivity index (χ4n) is 1.76. The first-order valence-corrected chi connectivity index (χ1v) is 6.63. The molecular weight excluding hydrogens is 254 g/mol. The zero-order valence-corrected chi connectivity index (χ0v) is 11.5. The summed E-state index contributed by atoms with van der Waals surface area (Å²) in [6.45, 7) is 2.65. The Hall–Kier alpha value is -2.20. The number of ether oxygens (including phenoxy) is 2. The van der Waals surface area contributed by atoms with Crippen LogP contribution in [-0.2, 0) is 6.61 Å². The molecule has 3 N–H and O–H groups in total. The monoisotopic (exact) mass is 273 g/mol. The number of benzene rings is 2. The van der Waals surface area contributed by atoms with Gasteiger partial charge >= 0.3 is 0 Å². The van der Waals surface area contributed by atoms with Crippen LogP contribution in [0.15, 0.2) is 42.5 Å². The summed E-state index contributed by atoms with van der Waals surface area (Å²) < 4.78 is 11.3. The summed E-state index contributed by atoms with van der Waals surface area (Å²) in [6, 6.07) is 12.6. The second kappa shape index (κ2) is 6.82. The van der Waals surface area contributed by atoms with Crippen LogP contribution >= 0.6 is 0 Å². The smallest absolute Gasteiger partial charge is 0.145 e. The molecule has 0 bridgehead atoms. The van der Waals surface area contributed by atoms with Crippen molar-refractivity contribution in [2.24, 2.45) is 0 Å². The molecule has 0 aliphatic rings. The van der Waals surface area contributed by atoms with Gasteiger partial charge in [-0.3, -0.25) is 0 Å². The van der Waals surface area contributed by atoms with Gasteiger partial charge in [0.1, 0.15) is 17.2 Å². The lowest BCUT2D eigenvalue weighted by molar-refractivity contribution is 0.281. The number of rotatable bonds is 6. The summed E-state index contributed by atoms with van der Waals surface area (Å²) in [5.41, 5.74) is 7.25. The highest BCUT2D eigenvalue weighted by atomic mass is 16.5. The lowest BCUT2D eigenvalue weighted by atomic mass is 10.2. The Labute approximate surface area is 118 Å². The van der Waals surface area contributed by atoms with Crippen LogP contribution in [0, 0.1) is 0 Å². The van der Waals surface area contributed by atoms with E-state index in [1.807, 2.05) is 25.1 Å². The molecule has 0 saturated heterocycles.